The van der Waals surface area contributed by atoms with Crippen molar-refractivity contribution in [3.63, 3.8) is 0 Å². The number of hydrogen-bond acceptors (Lipinski definition) is 15. The summed E-state index contributed by atoms with van der Waals surface area (Å²) in [7, 11) is -10.0. The first kappa shape index (κ1) is 96.2. The van der Waals surface area contributed by atoms with E-state index in [2.05, 4.69) is 174 Å². The third-order valence-electron chi connectivity index (χ3n) is 14.9. The molecular formula is C83H132O17P2. The van der Waals surface area contributed by atoms with Gasteiger partial charge in [-0.15, -0.1) is 0 Å². The quantitative estimate of drug-likeness (QED) is 0.0169. The summed E-state index contributed by atoms with van der Waals surface area (Å²) in [6, 6.07) is 0. The fraction of sp³-hybridized carbons (Fsp3) is 0.590. The molecule has 0 saturated heterocycles. The molecule has 0 aliphatic heterocycles. The van der Waals surface area contributed by atoms with Crippen molar-refractivity contribution < 1.29 is 80.2 Å². The Hall–Kier alpha value is -5.84. The molecule has 0 heterocycles. The highest BCUT2D eigenvalue weighted by molar-refractivity contribution is 7.47. The number of aliphatic hydroxyl groups is 1. The molecule has 0 aromatic heterocycles. The summed E-state index contributed by atoms with van der Waals surface area (Å²) in [6.07, 6.45) is 87.9. The first-order chi connectivity index (χ1) is 49.7. The van der Waals surface area contributed by atoms with Gasteiger partial charge < -0.3 is 33.8 Å². The summed E-state index contributed by atoms with van der Waals surface area (Å²) in [5, 5.41) is 10.6. The molecule has 19 heteroatoms. The van der Waals surface area contributed by atoms with E-state index < -0.39 is 97.5 Å². The molecule has 102 heavy (non-hydrogen) atoms. The molecule has 0 bridgehead atoms. The molecule has 17 nitrogen and oxygen atoms in total. The topological polar surface area (TPSA) is 237 Å². The summed E-state index contributed by atoms with van der Waals surface area (Å²) < 4.78 is 68.2. The Morgan fingerprint density at radius 3 is 0.922 bits per heavy atom. The van der Waals surface area contributed by atoms with Crippen molar-refractivity contribution in [3.8, 4) is 0 Å². The Kier molecular flexibility index (Phi) is 69.3. The van der Waals surface area contributed by atoms with E-state index in [1.807, 2.05) is 24.3 Å². The van der Waals surface area contributed by atoms with Crippen molar-refractivity contribution in [1.29, 1.82) is 0 Å². The number of unbranched alkanes of at least 4 members (excludes halogenated alkanes) is 14. The Balaban J connectivity index is 5.46. The highest BCUT2D eigenvalue weighted by atomic mass is 31.2. The van der Waals surface area contributed by atoms with Gasteiger partial charge in [0.25, 0.3) is 0 Å². The molecule has 0 aromatic rings. The van der Waals surface area contributed by atoms with Crippen LogP contribution in [0.1, 0.15) is 259 Å². The zero-order valence-corrected chi connectivity index (χ0v) is 64.5. The number of aliphatic hydroxyl groups excluding tert-OH is 1. The zero-order valence-electron chi connectivity index (χ0n) is 62.7. The normalized spacial score (nSPS) is 14.9. The van der Waals surface area contributed by atoms with Crippen LogP contribution in [-0.2, 0) is 65.4 Å². The van der Waals surface area contributed by atoms with E-state index in [9.17, 15) is 43.2 Å². The minimum absolute atomic E-state index is 0.0565. The van der Waals surface area contributed by atoms with Crippen molar-refractivity contribution in [1.82, 2.24) is 0 Å². The number of esters is 4. The number of phosphoric ester groups is 2. The smallest absolute Gasteiger partial charge is 0.462 e. The Morgan fingerprint density at radius 2 is 0.559 bits per heavy atom. The third kappa shape index (κ3) is 72.5. The van der Waals surface area contributed by atoms with Gasteiger partial charge >= 0.3 is 39.5 Å². The minimum Gasteiger partial charge on any atom is -0.462 e. The molecule has 5 unspecified atom stereocenters. The van der Waals surface area contributed by atoms with Gasteiger partial charge in [0.2, 0.25) is 0 Å². The Bertz CT molecular complexity index is 2650. The molecule has 0 amide bonds. The molecule has 0 fully saturated rings. The number of allylic oxidation sites excluding steroid dienone is 29. The maximum Gasteiger partial charge on any atom is 0.472 e. The molecule has 0 rings (SSSR count). The fourth-order valence-electron chi connectivity index (χ4n) is 9.18. The van der Waals surface area contributed by atoms with Crippen LogP contribution < -0.4 is 0 Å². The van der Waals surface area contributed by atoms with E-state index in [1.165, 1.54) is 12.8 Å². The summed E-state index contributed by atoms with van der Waals surface area (Å²) in [5.74, 6) is -2.44. The molecule has 0 spiro atoms. The van der Waals surface area contributed by atoms with Crippen LogP contribution in [0.15, 0.2) is 182 Å². The van der Waals surface area contributed by atoms with Crippen molar-refractivity contribution in [2.24, 2.45) is 0 Å². The molecular weight excluding hydrogens is 1330 g/mol. The monoisotopic (exact) mass is 1460 g/mol. The minimum atomic E-state index is -5.02. The van der Waals surface area contributed by atoms with Gasteiger partial charge in [0, 0.05) is 19.3 Å². The predicted octanol–water partition coefficient (Wildman–Crippen LogP) is 22.0. The van der Waals surface area contributed by atoms with Crippen molar-refractivity contribution in [2.45, 2.75) is 277 Å². The van der Waals surface area contributed by atoms with Crippen molar-refractivity contribution in [2.75, 3.05) is 39.6 Å². The molecule has 0 aliphatic carbocycles. The second kappa shape index (κ2) is 73.5. The number of phosphoric acid groups is 2. The molecule has 3 N–H and O–H groups in total. The van der Waals surface area contributed by atoms with Crippen LogP contribution in [0.5, 0.6) is 0 Å². The lowest BCUT2D eigenvalue weighted by atomic mass is 10.1. The number of hydrogen-bond donors (Lipinski definition) is 3. The molecule has 0 saturated carbocycles. The summed E-state index contributed by atoms with van der Waals surface area (Å²) >= 11 is 0. The van der Waals surface area contributed by atoms with E-state index in [4.69, 9.17) is 37.0 Å². The van der Waals surface area contributed by atoms with Gasteiger partial charge in [-0.05, 0) is 148 Å². The summed E-state index contributed by atoms with van der Waals surface area (Å²) in [6.45, 7) is 4.24. The first-order valence-corrected chi connectivity index (χ1v) is 41.0. The lowest BCUT2D eigenvalue weighted by molar-refractivity contribution is -0.161. The second-order valence-corrected chi connectivity index (χ2v) is 27.4. The van der Waals surface area contributed by atoms with Crippen LogP contribution in [0.25, 0.3) is 0 Å². The van der Waals surface area contributed by atoms with E-state index in [1.54, 1.807) is 12.2 Å². The summed E-state index contributed by atoms with van der Waals surface area (Å²) in [4.78, 5) is 72.8. The van der Waals surface area contributed by atoms with E-state index in [0.717, 1.165) is 161 Å². The van der Waals surface area contributed by atoms with Gasteiger partial charge in [0.1, 0.15) is 19.3 Å². The maximum atomic E-state index is 13.1. The van der Waals surface area contributed by atoms with Crippen LogP contribution in [-0.4, -0.2) is 96.7 Å². The SMILES string of the molecule is CC/C=C\C/C=C\C/C=C\C/C=C\C/C=C\CCCC(=O)OCC(COP(=O)(O)OCC(O)COP(=O)(O)OCC(COC(=O)CCCCCCCC/C=C\C/C=C\C/C=C\C/C=C\CC)OC(=O)CCCCCCC/C=C\CCCC)OC(=O)C/C=C\C/C=C\C/C=C\C/C=C\C/C=C\CC. The van der Waals surface area contributed by atoms with E-state index in [0.29, 0.717) is 32.1 Å². The number of rotatable bonds is 69. The van der Waals surface area contributed by atoms with Crippen LogP contribution in [0, 0.1) is 0 Å². The number of ether oxygens (including phenoxy) is 4. The Morgan fingerprint density at radius 1 is 0.294 bits per heavy atom. The predicted molar refractivity (Wildman–Crippen MR) is 417 cm³/mol. The number of carbonyl (C=O) groups excluding carboxylic acids is 4. The molecule has 0 radical (unpaired) electrons. The average molecular weight is 1460 g/mol. The Labute approximate surface area is 615 Å². The van der Waals surface area contributed by atoms with Crippen LogP contribution in [0.2, 0.25) is 0 Å². The van der Waals surface area contributed by atoms with E-state index in [-0.39, 0.29) is 25.7 Å². The fourth-order valence-corrected chi connectivity index (χ4v) is 10.8. The second-order valence-electron chi connectivity index (χ2n) is 24.5. The van der Waals surface area contributed by atoms with Crippen LogP contribution >= 0.6 is 15.6 Å². The zero-order chi connectivity index (χ0) is 74.6. The van der Waals surface area contributed by atoms with Gasteiger partial charge in [-0.25, -0.2) is 9.13 Å². The number of carbonyl (C=O) groups is 4. The van der Waals surface area contributed by atoms with Gasteiger partial charge in [-0.2, -0.15) is 0 Å². The molecule has 0 aliphatic rings. The standard InChI is InChI=1S/C83H132O17P2/c1-5-9-13-17-21-25-29-32-35-37-38-40-43-45-49-52-56-60-64-68-80(85)93-73-78(99-82(87)69-65-61-57-53-47-28-24-20-16-12-8-4)75-97-101(89,90)95-71-77(84)72-96-102(91,92)98-76-79(100-83(88)70-66-62-58-54-50-46-41-34-31-27-23-19-15-11-7-3)74-94-81(86)67-63-59-55-51-48-44-42-39-36-33-30-26-22-18-14-10-6-2/h9-11,13-15,20-27,32-36,38,40-42,44,50-51,54-55,62,66,77-79,84H,5-8,12,16-19,28-31,37,39,43,45-49,52-53,56-61,63-65,67-76H2,1-4H3,(H,89,90)(H,91,92)/b13-9-,14-10-,15-11-,24-20-,25-21-,26-22-,27-23-,35-32-,36-33-,40-38-,41-34-,44-42-,54-50-,55-51-,66-62-. The van der Waals surface area contributed by atoms with Crippen molar-refractivity contribution in [3.05, 3.63) is 182 Å². The molecule has 0 aromatic carbocycles. The maximum absolute atomic E-state index is 13.1. The van der Waals surface area contributed by atoms with Gasteiger partial charge in [0.05, 0.1) is 32.8 Å². The van der Waals surface area contributed by atoms with Crippen LogP contribution in [0.3, 0.4) is 0 Å². The largest absolute Gasteiger partial charge is 0.472 e. The highest BCUT2D eigenvalue weighted by Crippen LogP contribution is 2.45. The first-order valence-electron chi connectivity index (χ1n) is 38.0. The highest BCUT2D eigenvalue weighted by Gasteiger charge is 2.30. The lowest BCUT2D eigenvalue weighted by Crippen LogP contribution is -2.30. The molecule has 5 atom stereocenters. The lowest BCUT2D eigenvalue weighted by Gasteiger charge is -2.21. The van der Waals surface area contributed by atoms with Gasteiger partial charge in [0.15, 0.2) is 12.2 Å². The van der Waals surface area contributed by atoms with Crippen LogP contribution in [0.4, 0.5) is 0 Å². The molecule has 576 valence electrons. The van der Waals surface area contributed by atoms with Gasteiger partial charge in [-0.3, -0.25) is 37.3 Å². The van der Waals surface area contributed by atoms with Gasteiger partial charge in [-0.1, -0.05) is 268 Å². The van der Waals surface area contributed by atoms with Crippen molar-refractivity contribution >= 4 is 39.5 Å². The van der Waals surface area contributed by atoms with E-state index >= 15 is 0 Å². The summed E-state index contributed by atoms with van der Waals surface area (Å²) in [5.41, 5.74) is 0. The third-order valence-corrected chi connectivity index (χ3v) is 16.8. The average Bonchev–Trinajstić information content (AvgIpc) is 0.944.